The highest BCUT2D eigenvalue weighted by atomic mass is 19.1. The molecular formula is C18H18FNO4. The zero-order chi connectivity index (χ0) is 17.4. The third-order valence-corrected chi connectivity index (χ3v) is 3.34. The lowest BCUT2D eigenvalue weighted by Crippen LogP contribution is -2.43. The largest absolute Gasteiger partial charge is 0.467 e. The molecule has 0 saturated carbocycles. The van der Waals surface area contributed by atoms with Crippen LogP contribution in [0.1, 0.15) is 11.1 Å². The van der Waals surface area contributed by atoms with Crippen LogP contribution in [0.25, 0.3) is 0 Å². The zero-order valence-corrected chi connectivity index (χ0v) is 13.2. The fraction of sp³-hybridized carbons (Fsp3) is 0.222. The number of amides is 1. The van der Waals surface area contributed by atoms with Crippen molar-refractivity contribution in [2.45, 2.75) is 19.1 Å². The van der Waals surface area contributed by atoms with Crippen LogP contribution in [0.5, 0.6) is 0 Å². The van der Waals surface area contributed by atoms with Crippen LogP contribution in [0.15, 0.2) is 54.6 Å². The number of halogens is 1. The Labute approximate surface area is 139 Å². The van der Waals surface area contributed by atoms with E-state index in [1.165, 1.54) is 19.2 Å². The van der Waals surface area contributed by atoms with Gasteiger partial charge in [0.15, 0.2) is 0 Å². The highest BCUT2D eigenvalue weighted by molar-refractivity contribution is 5.81. The number of hydrogen-bond acceptors (Lipinski definition) is 4. The molecule has 24 heavy (non-hydrogen) atoms. The lowest BCUT2D eigenvalue weighted by Gasteiger charge is -2.16. The molecule has 1 N–H and O–H groups in total. The minimum atomic E-state index is -0.913. The molecular weight excluding hydrogens is 313 g/mol. The summed E-state index contributed by atoms with van der Waals surface area (Å²) in [6, 6.07) is 13.9. The van der Waals surface area contributed by atoms with Gasteiger partial charge in [-0.15, -0.1) is 0 Å². The number of carbonyl (C=O) groups is 2. The summed E-state index contributed by atoms with van der Waals surface area (Å²) in [7, 11) is 1.23. The van der Waals surface area contributed by atoms with E-state index in [1.54, 1.807) is 12.1 Å². The second kappa shape index (κ2) is 8.67. The highest BCUT2D eigenvalue weighted by Crippen LogP contribution is 2.08. The maximum Gasteiger partial charge on any atom is 0.408 e. The molecule has 0 spiro atoms. The van der Waals surface area contributed by atoms with Crippen molar-refractivity contribution in [3.05, 3.63) is 71.5 Å². The van der Waals surface area contributed by atoms with Gasteiger partial charge in [0.05, 0.1) is 7.11 Å². The lowest BCUT2D eigenvalue weighted by molar-refractivity contribution is -0.143. The molecule has 0 saturated heterocycles. The average molecular weight is 331 g/mol. The molecule has 2 aromatic rings. The van der Waals surface area contributed by atoms with Gasteiger partial charge in [-0.1, -0.05) is 42.5 Å². The van der Waals surface area contributed by atoms with Gasteiger partial charge in [-0.05, 0) is 23.3 Å². The van der Waals surface area contributed by atoms with E-state index in [0.717, 1.165) is 5.56 Å². The molecule has 126 valence electrons. The van der Waals surface area contributed by atoms with E-state index in [4.69, 9.17) is 4.74 Å². The number of benzene rings is 2. The van der Waals surface area contributed by atoms with Crippen LogP contribution in [-0.4, -0.2) is 25.2 Å². The molecule has 0 aliphatic rings. The molecule has 0 aliphatic carbocycles. The van der Waals surface area contributed by atoms with Crippen molar-refractivity contribution >= 4 is 12.1 Å². The Morgan fingerprint density at radius 3 is 2.33 bits per heavy atom. The van der Waals surface area contributed by atoms with Crippen molar-refractivity contribution in [2.75, 3.05) is 7.11 Å². The van der Waals surface area contributed by atoms with Crippen LogP contribution in [0.4, 0.5) is 9.18 Å². The summed E-state index contributed by atoms with van der Waals surface area (Å²) in [4.78, 5) is 23.7. The predicted molar refractivity (Wildman–Crippen MR) is 85.7 cm³/mol. The van der Waals surface area contributed by atoms with Crippen molar-refractivity contribution in [1.82, 2.24) is 5.32 Å². The van der Waals surface area contributed by atoms with Crippen LogP contribution in [-0.2, 0) is 27.3 Å². The Morgan fingerprint density at radius 2 is 1.71 bits per heavy atom. The van der Waals surface area contributed by atoms with Crippen molar-refractivity contribution in [3.63, 3.8) is 0 Å². The minimum Gasteiger partial charge on any atom is -0.467 e. The maximum atomic E-state index is 12.9. The predicted octanol–water partition coefficient (Wildman–Crippen LogP) is 2.84. The smallest absolute Gasteiger partial charge is 0.408 e. The van der Waals surface area contributed by atoms with Crippen molar-refractivity contribution in [1.29, 1.82) is 0 Å². The molecule has 0 fully saturated rings. The van der Waals surface area contributed by atoms with Gasteiger partial charge in [0.1, 0.15) is 18.5 Å². The first-order valence-electron chi connectivity index (χ1n) is 7.38. The van der Waals surface area contributed by atoms with Crippen molar-refractivity contribution in [2.24, 2.45) is 0 Å². The summed E-state index contributed by atoms with van der Waals surface area (Å²) < 4.78 is 22.7. The summed E-state index contributed by atoms with van der Waals surface area (Å²) >= 11 is 0. The number of esters is 1. The third-order valence-electron chi connectivity index (χ3n) is 3.34. The molecule has 0 aliphatic heterocycles. The molecule has 5 nitrogen and oxygen atoms in total. The number of rotatable bonds is 6. The SMILES string of the molecule is COC(=O)C(Cc1ccc(F)cc1)NC(=O)OCc1ccccc1. The Bertz CT molecular complexity index is 673. The molecule has 2 aromatic carbocycles. The second-order valence-electron chi connectivity index (χ2n) is 5.11. The zero-order valence-electron chi connectivity index (χ0n) is 13.2. The molecule has 0 bridgehead atoms. The molecule has 0 radical (unpaired) electrons. The van der Waals surface area contributed by atoms with E-state index in [9.17, 15) is 14.0 Å². The molecule has 1 amide bonds. The summed E-state index contributed by atoms with van der Waals surface area (Å²) in [5, 5.41) is 2.47. The number of nitrogens with one attached hydrogen (secondary N) is 1. The topological polar surface area (TPSA) is 64.6 Å². The van der Waals surface area contributed by atoms with Crippen LogP contribution in [0.3, 0.4) is 0 Å². The first-order valence-corrected chi connectivity index (χ1v) is 7.38. The Balaban J connectivity index is 1.93. The van der Waals surface area contributed by atoms with Crippen LogP contribution in [0, 0.1) is 5.82 Å². The Kier molecular flexibility index (Phi) is 6.31. The maximum absolute atomic E-state index is 12.9. The molecule has 1 atom stereocenters. The van der Waals surface area contributed by atoms with E-state index in [1.807, 2.05) is 30.3 Å². The Hall–Kier alpha value is -2.89. The van der Waals surface area contributed by atoms with E-state index < -0.39 is 18.1 Å². The van der Waals surface area contributed by atoms with Gasteiger partial charge in [-0.2, -0.15) is 0 Å². The summed E-state index contributed by atoms with van der Waals surface area (Å²) in [5.74, 6) is -0.973. The number of hydrogen-bond donors (Lipinski definition) is 1. The molecule has 6 heteroatoms. The molecule has 0 aromatic heterocycles. The van der Waals surface area contributed by atoms with Gasteiger partial charge in [0.25, 0.3) is 0 Å². The summed E-state index contributed by atoms with van der Waals surface area (Å²) in [6.45, 7) is 0.0944. The van der Waals surface area contributed by atoms with E-state index in [2.05, 4.69) is 10.1 Å². The third kappa shape index (κ3) is 5.39. The quantitative estimate of drug-likeness (QED) is 0.827. The van der Waals surface area contributed by atoms with Crippen LogP contribution in [0.2, 0.25) is 0 Å². The van der Waals surface area contributed by atoms with Gasteiger partial charge < -0.3 is 14.8 Å². The van der Waals surface area contributed by atoms with Gasteiger partial charge in [-0.25, -0.2) is 14.0 Å². The van der Waals surface area contributed by atoms with E-state index in [-0.39, 0.29) is 18.8 Å². The second-order valence-corrected chi connectivity index (χ2v) is 5.11. The molecule has 0 heterocycles. The first kappa shape index (κ1) is 17.5. The number of methoxy groups -OCH3 is 1. The number of alkyl carbamates (subject to hydrolysis) is 1. The number of carbonyl (C=O) groups excluding carboxylic acids is 2. The lowest BCUT2D eigenvalue weighted by atomic mass is 10.1. The summed E-state index contributed by atoms with van der Waals surface area (Å²) in [6.07, 6.45) is -0.552. The summed E-state index contributed by atoms with van der Waals surface area (Å²) in [5.41, 5.74) is 1.52. The molecule has 1 unspecified atom stereocenters. The standard InChI is InChI=1S/C18H18FNO4/c1-23-17(21)16(11-13-7-9-15(19)10-8-13)20-18(22)24-12-14-5-3-2-4-6-14/h2-10,16H,11-12H2,1H3,(H,20,22). The van der Waals surface area contributed by atoms with Gasteiger partial charge >= 0.3 is 12.1 Å². The molecule has 2 rings (SSSR count). The van der Waals surface area contributed by atoms with Crippen molar-refractivity contribution in [3.8, 4) is 0 Å². The monoisotopic (exact) mass is 331 g/mol. The number of ether oxygens (including phenoxy) is 2. The minimum absolute atomic E-state index is 0.0944. The van der Waals surface area contributed by atoms with E-state index in [0.29, 0.717) is 5.56 Å². The van der Waals surface area contributed by atoms with Crippen molar-refractivity contribution < 1.29 is 23.5 Å². The first-order chi connectivity index (χ1) is 11.6. The van der Waals surface area contributed by atoms with Gasteiger partial charge in [0, 0.05) is 6.42 Å². The van der Waals surface area contributed by atoms with E-state index >= 15 is 0 Å². The fourth-order valence-electron chi connectivity index (χ4n) is 2.10. The normalized spacial score (nSPS) is 11.4. The van der Waals surface area contributed by atoms with Gasteiger partial charge in [0.2, 0.25) is 0 Å². The average Bonchev–Trinajstić information content (AvgIpc) is 2.61. The van der Waals surface area contributed by atoms with Gasteiger partial charge in [-0.3, -0.25) is 0 Å². The fourth-order valence-corrected chi connectivity index (χ4v) is 2.10. The van der Waals surface area contributed by atoms with Crippen LogP contribution < -0.4 is 5.32 Å². The highest BCUT2D eigenvalue weighted by Gasteiger charge is 2.22. The van der Waals surface area contributed by atoms with Crippen LogP contribution >= 0.6 is 0 Å². The Morgan fingerprint density at radius 1 is 1.04 bits per heavy atom.